The molecule has 1 aliphatic carbocycles. The number of nitrogens with zero attached hydrogens (tertiary/aromatic N) is 1. The summed E-state index contributed by atoms with van der Waals surface area (Å²) in [5, 5.41) is 0. The van der Waals surface area contributed by atoms with E-state index in [1.54, 1.807) is 0 Å². The normalized spacial score (nSPS) is 26.3. The summed E-state index contributed by atoms with van der Waals surface area (Å²) in [6.07, 6.45) is 8.91. The van der Waals surface area contributed by atoms with E-state index in [0.717, 1.165) is 17.8 Å². The molecule has 0 spiro atoms. The predicted molar refractivity (Wildman–Crippen MR) is 77.3 cm³/mol. The molecule has 1 saturated heterocycles. The Morgan fingerprint density at radius 2 is 1.65 bits per heavy atom. The molecule has 0 aromatic heterocycles. The van der Waals surface area contributed by atoms with Crippen molar-refractivity contribution in [3.8, 4) is 0 Å². The van der Waals surface area contributed by atoms with Crippen LogP contribution in [0.15, 0.2) is 0 Å². The maximum atomic E-state index is 2.74. The molecular formula is C16H33N. The van der Waals surface area contributed by atoms with E-state index in [1.165, 1.54) is 58.2 Å². The third-order valence-corrected chi connectivity index (χ3v) is 4.17. The van der Waals surface area contributed by atoms with Crippen LogP contribution in [-0.4, -0.2) is 24.5 Å². The van der Waals surface area contributed by atoms with Gasteiger partial charge in [0.05, 0.1) is 0 Å². The van der Waals surface area contributed by atoms with Crippen LogP contribution in [0.25, 0.3) is 0 Å². The Balaban J connectivity index is 0.000000686. The van der Waals surface area contributed by atoms with Gasteiger partial charge in [0.2, 0.25) is 0 Å². The van der Waals surface area contributed by atoms with Gasteiger partial charge in [-0.25, -0.2) is 0 Å². The fourth-order valence-corrected chi connectivity index (χ4v) is 3.50. The first-order chi connectivity index (χ1) is 8.24. The first-order valence-corrected chi connectivity index (χ1v) is 7.96. The maximum absolute atomic E-state index is 2.74. The van der Waals surface area contributed by atoms with Crippen molar-refractivity contribution in [1.29, 1.82) is 0 Å². The molecule has 2 fully saturated rings. The highest BCUT2D eigenvalue weighted by atomic mass is 15.1. The Kier molecular flexibility index (Phi) is 7.18. The number of hydrogen-bond donors (Lipinski definition) is 0. The van der Waals surface area contributed by atoms with Crippen molar-refractivity contribution in [1.82, 2.24) is 4.90 Å². The molecule has 2 aliphatic rings. The van der Waals surface area contributed by atoms with E-state index >= 15 is 0 Å². The molecule has 1 heteroatoms. The van der Waals surface area contributed by atoms with Crippen LogP contribution in [0.1, 0.15) is 66.2 Å². The fourth-order valence-electron chi connectivity index (χ4n) is 3.50. The average molecular weight is 239 g/mol. The lowest BCUT2D eigenvalue weighted by Gasteiger charge is -2.20. The van der Waals surface area contributed by atoms with Crippen molar-refractivity contribution < 1.29 is 0 Å². The van der Waals surface area contributed by atoms with Gasteiger partial charge < -0.3 is 4.90 Å². The molecule has 1 nitrogen and oxygen atoms in total. The van der Waals surface area contributed by atoms with Gasteiger partial charge in [-0.05, 0) is 50.0 Å². The summed E-state index contributed by atoms with van der Waals surface area (Å²) in [7, 11) is 0. The van der Waals surface area contributed by atoms with Crippen LogP contribution in [0.2, 0.25) is 0 Å². The van der Waals surface area contributed by atoms with E-state index in [0.29, 0.717) is 0 Å². The van der Waals surface area contributed by atoms with Gasteiger partial charge in [-0.2, -0.15) is 0 Å². The van der Waals surface area contributed by atoms with E-state index in [4.69, 9.17) is 0 Å². The Bertz CT molecular complexity index is 182. The van der Waals surface area contributed by atoms with Crippen molar-refractivity contribution in [2.24, 2.45) is 17.8 Å². The summed E-state index contributed by atoms with van der Waals surface area (Å²) in [5.41, 5.74) is 0. The van der Waals surface area contributed by atoms with Gasteiger partial charge in [-0.15, -0.1) is 0 Å². The van der Waals surface area contributed by atoms with Crippen molar-refractivity contribution in [2.75, 3.05) is 19.6 Å². The Hall–Kier alpha value is -0.0400. The molecule has 1 atom stereocenters. The first kappa shape index (κ1) is 15.0. The fraction of sp³-hybridized carbons (Fsp3) is 1.00. The molecule has 1 saturated carbocycles. The van der Waals surface area contributed by atoms with E-state index in [9.17, 15) is 0 Å². The summed E-state index contributed by atoms with van der Waals surface area (Å²) >= 11 is 0. The molecule has 1 heterocycles. The number of likely N-dealkylation sites (tertiary alicyclic amines) is 1. The molecule has 17 heavy (non-hydrogen) atoms. The molecule has 0 aromatic carbocycles. The van der Waals surface area contributed by atoms with E-state index < -0.39 is 0 Å². The summed E-state index contributed by atoms with van der Waals surface area (Å²) < 4.78 is 0. The zero-order chi connectivity index (χ0) is 12.7. The number of rotatable bonds is 4. The van der Waals surface area contributed by atoms with Crippen LogP contribution >= 0.6 is 0 Å². The Labute approximate surface area is 109 Å². The van der Waals surface area contributed by atoms with Gasteiger partial charge in [0.25, 0.3) is 0 Å². The van der Waals surface area contributed by atoms with Crippen LogP contribution in [0, 0.1) is 17.8 Å². The SMILES string of the molecule is CC.CC(C)CC1CCN(CC2CCCC2)C1. The van der Waals surface area contributed by atoms with Crippen LogP contribution in [-0.2, 0) is 0 Å². The first-order valence-electron chi connectivity index (χ1n) is 7.96. The Morgan fingerprint density at radius 1 is 1.00 bits per heavy atom. The minimum absolute atomic E-state index is 0.890. The van der Waals surface area contributed by atoms with Gasteiger partial charge in [0.1, 0.15) is 0 Å². The van der Waals surface area contributed by atoms with Crippen molar-refractivity contribution in [3.05, 3.63) is 0 Å². The molecule has 0 radical (unpaired) electrons. The highest BCUT2D eigenvalue weighted by molar-refractivity contribution is 4.79. The van der Waals surface area contributed by atoms with Gasteiger partial charge in [0, 0.05) is 13.1 Å². The largest absolute Gasteiger partial charge is 0.303 e. The summed E-state index contributed by atoms with van der Waals surface area (Å²) in [6.45, 7) is 12.9. The van der Waals surface area contributed by atoms with Gasteiger partial charge in [-0.3, -0.25) is 0 Å². The minimum Gasteiger partial charge on any atom is -0.303 e. The zero-order valence-electron chi connectivity index (χ0n) is 12.5. The van der Waals surface area contributed by atoms with Gasteiger partial charge in [-0.1, -0.05) is 40.5 Å². The second kappa shape index (κ2) is 8.13. The monoisotopic (exact) mass is 239 g/mol. The third-order valence-electron chi connectivity index (χ3n) is 4.17. The highest BCUT2D eigenvalue weighted by Crippen LogP contribution is 2.29. The second-order valence-corrected chi connectivity index (χ2v) is 6.19. The molecule has 1 unspecified atom stereocenters. The van der Waals surface area contributed by atoms with E-state index in [2.05, 4.69) is 18.7 Å². The lowest BCUT2D eigenvalue weighted by molar-refractivity contribution is 0.264. The van der Waals surface area contributed by atoms with Crippen LogP contribution < -0.4 is 0 Å². The van der Waals surface area contributed by atoms with Crippen LogP contribution in [0.5, 0.6) is 0 Å². The van der Waals surface area contributed by atoms with Gasteiger partial charge in [0.15, 0.2) is 0 Å². The maximum Gasteiger partial charge on any atom is 0.00103 e. The highest BCUT2D eigenvalue weighted by Gasteiger charge is 2.26. The average Bonchev–Trinajstić information content (AvgIpc) is 2.93. The standard InChI is InChI=1S/C14H27N.C2H6/c1-12(2)9-14-7-8-15(11-14)10-13-5-3-4-6-13;1-2/h12-14H,3-11H2,1-2H3;1-2H3. The topological polar surface area (TPSA) is 3.24 Å². The van der Waals surface area contributed by atoms with E-state index in [-0.39, 0.29) is 0 Å². The predicted octanol–water partition coefficient (Wildman–Crippen LogP) is 4.57. The molecular weight excluding hydrogens is 206 g/mol. The molecule has 0 amide bonds. The zero-order valence-corrected chi connectivity index (χ0v) is 12.5. The van der Waals surface area contributed by atoms with Crippen LogP contribution in [0.3, 0.4) is 0 Å². The number of hydrogen-bond acceptors (Lipinski definition) is 1. The summed E-state index contributed by atoms with van der Waals surface area (Å²) in [4.78, 5) is 2.74. The van der Waals surface area contributed by atoms with Crippen LogP contribution in [0.4, 0.5) is 0 Å². The van der Waals surface area contributed by atoms with Gasteiger partial charge >= 0.3 is 0 Å². The molecule has 0 N–H and O–H groups in total. The molecule has 1 aliphatic heterocycles. The summed E-state index contributed by atoms with van der Waals surface area (Å²) in [5.74, 6) is 2.94. The minimum atomic E-state index is 0.890. The molecule has 0 bridgehead atoms. The quantitative estimate of drug-likeness (QED) is 0.694. The Morgan fingerprint density at radius 3 is 2.24 bits per heavy atom. The lowest BCUT2D eigenvalue weighted by Crippen LogP contribution is -2.26. The summed E-state index contributed by atoms with van der Waals surface area (Å²) in [6, 6.07) is 0. The third kappa shape index (κ3) is 5.42. The smallest absolute Gasteiger partial charge is 0.00103 e. The lowest BCUT2D eigenvalue weighted by atomic mass is 9.97. The molecule has 102 valence electrons. The second-order valence-electron chi connectivity index (χ2n) is 6.19. The molecule has 2 rings (SSSR count). The van der Waals surface area contributed by atoms with Crippen molar-refractivity contribution >= 4 is 0 Å². The van der Waals surface area contributed by atoms with E-state index in [1.807, 2.05) is 13.8 Å². The van der Waals surface area contributed by atoms with Crippen molar-refractivity contribution in [3.63, 3.8) is 0 Å². The van der Waals surface area contributed by atoms with Crippen molar-refractivity contribution in [2.45, 2.75) is 66.2 Å². The molecule has 0 aromatic rings.